The number of rotatable bonds is 6. The Morgan fingerprint density at radius 1 is 1.03 bits per heavy atom. The number of amides is 1. The molecular weight excluding hydrogens is 390 g/mol. The van der Waals surface area contributed by atoms with E-state index in [4.69, 9.17) is 8.83 Å². The fourth-order valence-electron chi connectivity index (χ4n) is 4.33. The molecule has 5 rings (SSSR count). The van der Waals surface area contributed by atoms with E-state index in [2.05, 4.69) is 22.4 Å². The van der Waals surface area contributed by atoms with Gasteiger partial charge in [0.15, 0.2) is 29.8 Å². The third-order valence-corrected chi connectivity index (χ3v) is 6.04. The van der Waals surface area contributed by atoms with Gasteiger partial charge in [-0.2, -0.15) is 0 Å². The average molecular weight is 417 g/mol. The van der Waals surface area contributed by atoms with Crippen molar-refractivity contribution in [3.63, 3.8) is 0 Å². The Labute approximate surface area is 180 Å². The summed E-state index contributed by atoms with van der Waals surface area (Å²) in [4.78, 5) is 19.5. The van der Waals surface area contributed by atoms with Crippen molar-refractivity contribution in [2.75, 3.05) is 19.6 Å². The molecule has 3 heterocycles. The van der Waals surface area contributed by atoms with Gasteiger partial charge in [-0.25, -0.2) is 4.98 Å². The highest BCUT2D eigenvalue weighted by molar-refractivity contribution is 5.77. The van der Waals surface area contributed by atoms with Crippen molar-refractivity contribution in [2.24, 2.45) is 0 Å². The molecule has 0 aliphatic carbocycles. The van der Waals surface area contributed by atoms with Crippen LogP contribution in [0.15, 0.2) is 81.8 Å². The summed E-state index contributed by atoms with van der Waals surface area (Å²) in [6.07, 6.45) is 3.43. The first-order chi connectivity index (χ1) is 15.3. The lowest BCUT2D eigenvalue weighted by molar-refractivity contribution is -0.679. The number of carbonyl (C=O) groups excluding carboxylic acids is 1. The van der Waals surface area contributed by atoms with Crippen molar-refractivity contribution in [3.8, 4) is 0 Å². The van der Waals surface area contributed by atoms with Crippen molar-refractivity contribution in [1.29, 1.82) is 0 Å². The third kappa shape index (κ3) is 4.25. The zero-order valence-corrected chi connectivity index (χ0v) is 17.3. The summed E-state index contributed by atoms with van der Waals surface area (Å²) in [6, 6.07) is 21.8. The Morgan fingerprint density at radius 3 is 2.55 bits per heavy atom. The molecule has 0 radical (unpaired) electrons. The van der Waals surface area contributed by atoms with E-state index in [0.29, 0.717) is 6.54 Å². The lowest BCUT2D eigenvalue weighted by Gasteiger charge is -2.30. The Kier molecular flexibility index (Phi) is 5.54. The molecule has 1 atom stereocenters. The van der Waals surface area contributed by atoms with Gasteiger partial charge in [0.25, 0.3) is 5.91 Å². The summed E-state index contributed by atoms with van der Waals surface area (Å²) in [6.45, 7) is 1.84. The van der Waals surface area contributed by atoms with Crippen LogP contribution in [0.5, 0.6) is 0 Å². The van der Waals surface area contributed by atoms with Gasteiger partial charge < -0.3 is 19.1 Å². The maximum Gasteiger partial charge on any atom is 0.277 e. The van der Waals surface area contributed by atoms with Crippen LogP contribution >= 0.6 is 0 Å². The first-order valence-electron chi connectivity index (χ1n) is 10.8. The highest BCUT2D eigenvalue weighted by Gasteiger charge is 2.29. The van der Waals surface area contributed by atoms with Crippen LogP contribution in [0.1, 0.15) is 42.0 Å². The zero-order chi connectivity index (χ0) is 21.0. The standard InChI is InChI=1S/C25H25N3O3/c29-23(17-26-24(22-11-6-16-30-22)18-7-2-1-3-8-18)28-14-12-19(13-15-28)25-27-20-9-4-5-10-21(20)31-25/h1-11,16,19,24,26H,12-15,17H2/p+1/t24-/m1/s1. The van der Waals surface area contributed by atoms with Crippen LogP contribution in [0.4, 0.5) is 0 Å². The first kappa shape index (κ1) is 19.6. The maximum atomic E-state index is 12.9. The second-order valence-electron chi connectivity index (χ2n) is 8.02. The minimum atomic E-state index is -0.0302. The summed E-state index contributed by atoms with van der Waals surface area (Å²) in [5, 5.41) is 2.06. The van der Waals surface area contributed by atoms with Crippen LogP contribution in [0, 0.1) is 0 Å². The molecule has 6 heteroatoms. The number of quaternary nitrogens is 1. The number of carbonyl (C=O) groups is 1. The second-order valence-corrected chi connectivity index (χ2v) is 8.02. The number of piperidine rings is 1. The van der Waals surface area contributed by atoms with Gasteiger partial charge in [0.1, 0.15) is 5.52 Å². The predicted octanol–water partition coefficient (Wildman–Crippen LogP) is 3.48. The Bertz CT molecular complexity index is 1100. The number of benzene rings is 2. The quantitative estimate of drug-likeness (QED) is 0.522. The summed E-state index contributed by atoms with van der Waals surface area (Å²) in [5.41, 5.74) is 2.85. The highest BCUT2D eigenvalue weighted by atomic mass is 16.3. The Hall–Kier alpha value is -3.38. The summed E-state index contributed by atoms with van der Waals surface area (Å²) >= 11 is 0. The molecule has 1 aliphatic rings. The van der Waals surface area contributed by atoms with Gasteiger partial charge in [0, 0.05) is 24.6 Å². The van der Waals surface area contributed by atoms with Crippen molar-refractivity contribution in [1.82, 2.24) is 9.88 Å². The SMILES string of the molecule is O=C(C[NH2+][C@H](c1ccccc1)c1ccco1)N1CCC(c2nc3ccccc3o2)CC1. The van der Waals surface area contributed by atoms with Crippen molar-refractivity contribution in [3.05, 3.63) is 90.2 Å². The van der Waals surface area contributed by atoms with Gasteiger partial charge in [-0.1, -0.05) is 42.5 Å². The van der Waals surface area contributed by atoms with E-state index >= 15 is 0 Å². The zero-order valence-electron chi connectivity index (χ0n) is 17.3. The molecule has 0 unspecified atom stereocenters. The monoisotopic (exact) mass is 416 g/mol. The lowest BCUT2D eigenvalue weighted by atomic mass is 9.96. The Morgan fingerprint density at radius 2 is 1.81 bits per heavy atom. The molecule has 2 aromatic carbocycles. The molecular formula is C25H26N3O3+. The second kappa shape index (κ2) is 8.78. The van der Waals surface area contributed by atoms with Crippen LogP contribution in [0.2, 0.25) is 0 Å². The number of para-hydroxylation sites is 2. The molecule has 2 aromatic heterocycles. The summed E-state index contributed by atoms with van der Waals surface area (Å²) in [5.74, 6) is 2.07. The molecule has 6 nitrogen and oxygen atoms in total. The highest BCUT2D eigenvalue weighted by Crippen LogP contribution is 2.29. The molecule has 158 valence electrons. The number of likely N-dealkylation sites (tertiary alicyclic amines) is 1. The smallest absolute Gasteiger partial charge is 0.277 e. The minimum absolute atomic E-state index is 0.0302. The van der Waals surface area contributed by atoms with Gasteiger partial charge in [-0.05, 0) is 37.1 Å². The molecule has 1 amide bonds. The van der Waals surface area contributed by atoms with Crippen LogP contribution in [0.25, 0.3) is 11.1 Å². The lowest BCUT2D eigenvalue weighted by Crippen LogP contribution is -2.87. The van der Waals surface area contributed by atoms with E-state index in [9.17, 15) is 4.79 Å². The molecule has 0 saturated carbocycles. The fourth-order valence-corrected chi connectivity index (χ4v) is 4.33. The molecule has 0 bridgehead atoms. The van der Waals surface area contributed by atoms with E-state index in [0.717, 1.165) is 54.2 Å². The van der Waals surface area contributed by atoms with Gasteiger partial charge in [-0.15, -0.1) is 0 Å². The number of oxazole rings is 1. The molecule has 1 fully saturated rings. The molecule has 2 N–H and O–H groups in total. The van der Waals surface area contributed by atoms with Gasteiger partial charge in [0.2, 0.25) is 0 Å². The van der Waals surface area contributed by atoms with Crippen LogP contribution in [-0.2, 0) is 4.79 Å². The van der Waals surface area contributed by atoms with Gasteiger partial charge in [0.05, 0.1) is 6.26 Å². The number of nitrogens with two attached hydrogens (primary N) is 1. The number of aromatic nitrogens is 1. The molecule has 4 aromatic rings. The van der Waals surface area contributed by atoms with E-state index in [1.54, 1.807) is 6.26 Å². The number of hydrogen-bond acceptors (Lipinski definition) is 4. The van der Waals surface area contributed by atoms with Crippen molar-refractivity contribution >= 4 is 17.0 Å². The number of fused-ring (bicyclic) bond motifs is 1. The van der Waals surface area contributed by atoms with E-state index in [1.165, 1.54) is 0 Å². The van der Waals surface area contributed by atoms with Crippen LogP contribution in [0.3, 0.4) is 0 Å². The third-order valence-electron chi connectivity index (χ3n) is 6.04. The van der Waals surface area contributed by atoms with E-state index in [1.807, 2.05) is 59.5 Å². The van der Waals surface area contributed by atoms with Crippen molar-refractivity contribution in [2.45, 2.75) is 24.8 Å². The Balaban J connectivity index is 1.19. The predicted molar refractivity (Wildman–Crippen MR) is 116 cm³/mol. The average Bonchev–Trinajstić information content (AvgIpc) is 3.50. The number of nitrogens with zero attached hydrogens (tertiary/aromatic N) is 2. The summed E-state index contributed by atoms with van der Waals surface area (Å²) in [7, 11) is 0. The maximum absolute atomic E-state index is 12.9. The normalized spacial score (nSPS) is 15.9. The first-order valence-corrected chi connectivity index (χ1v) is 10.8. The molecule has 31 heavy (non-hydrogen) atoms. The van der Waals surface area contributed by atoms with E-state index in [-0.39, 0.29) is 17.9 Å². The fraction of sp³-hybridized carbons (Fsp3) is 0.280. The molecule has 0 spiro atoms. The number of furan rings is 1. The topological polar surface area (TPSA) is 76.1 Å². The molecule has 1 saturated heterocycles. The van der Waals surface area contributed by atoms with E-state index < -0.39 is 0 Å². The van der Waals surface area contributed by atoms with Crippen LogP contribution in [-0.4, -0.2) is 35.4 Å². The van der Waals surface area contributed by atoms with Crippen molar-refractivity contribution < 1.29 is 18.9 Å². The summed E-state index contributed by atoms with van der Waals surface area (Å²) < 4.78 is 11.6. The number of hydrogen-bond donors (Lipinski definition) is 1. The van der Waals surface area contributed by atoms with Gasteiger partial charge in [-0.3, -0.25) is 4.79 Å². The largest absolute Gasteiger partial charge is 0.463 e. The minimum Gasteiger partial charge on any atom is -0.463 e. The molecule has 1 aliphatic heterocycles. The van der Waals surface area contributed by atoms with Crippen LogP contribution < -0.4 is 5.32 Å². The van der Waals surface area contributed by atoms with Gasteiger partial charge >= 0.3 is 0 Å².